The van der Waals surface area contributed by atoms with Crippen molar-refractivity contribution in [3.8, 4) is 12.8 Å². The number of hydrogen-bond acceptors (Lipinski definition) is 0. The molecule has 0 fully saturated rings. The van der Waals surface area contributed by atoms with Gasteiger partial charge >= 0.3 is 0 Å². The van der Waals surface area contributed by atoms with Crippen molar-refractivity contribution in [3.63, 3.8) is 0 Å². The lowest BCUT2D eigenvalue weighted by Gasteiger charge is -2.31. The largest absolute Gasteiger partial charge is 0.124 e. The standard InChI is InChI=1S/C32H27Br.C2H2/c1-22-27(13-8-20-33)29-12-5-7-15-31(29)32(22)26(21-25-10-3-6-14-30(25)32)19-18-24-17-16-23-9-2-4-11-28(23)24;1-2/h2-15,18-19H,16-17,20-21H2,1H3;1-2H/b13-8-,24-18+,26-19+;. The Hall–Kier alpha value is -3.34. The summed E-state index contributed by atoms with van der Waals surface area (Å²) in [6.45, 7) is 2.35. The second kappa shape index (κ2) is 9.73. The molecule has 3 aromatic carbocycles. The molecule has 0 heterocycles. The molecule has 3 aliphatic rings. The normalized spacial score (nSPS) is 21.9. The third-order valence-electron chi connectivity index (χ3n) is 7.76. The fourth-order valence-electron chi connectivity index (χ4n) is 6.35. The minimum Gasteiger partial charge on any atom is -0.124 e. The van der Waals surface area contributed by atoms with Gasteiger partial charge in [-0.25, -0.2) is 0 Å². The van der Waals surface area contributed by atoms with Crippen molar-refractivity contribution in [1.29, 1.82) is 0 Å². The van der Waals surface area contributed by atoms with Crippen LogP contribution >= 0.6 is 15.9 Å². The zero-order valence-corrected chi connectivity index (χ0v) is 21.7. The Morgan fingerprint density at radius 1 is 0.800 bits per heavy atom. The van der Waals surface area contributed by atoms with E-state index in [2.05, 4.69) is 133 Å². The summed E-state index contributed by atoms with van der Waals surface area (Å²) in [6, 6.07) is 27.0. The molecule has 0 nitrogen and oxygen atoms in total. The average molecular weight is 518 g/mol. The first kappa shape index (κ1) is 23.4. The quantitative estimate of drug-likeness (QED) is 0.242. The van der Waals surface area contributed by atoms with Crippen molar-refractivity contribution in [2.75, 3.05) is 5.33 Å². The van der Waals surface area contributed by atoms with Crippen LogP contribution in [-0.2, 0) is 18.3 Å². The first-order chi connectivity index (χ1) is 17.2. The van der Waals surface area contributed by atoms with E-state index in [9.17, 15) is 0 Å². The summed E-state index contributed by atoms with van der Waals surface area (Å²) >= 11 is 3.58. The zero-order valence-electron chi connectivity index (χ0n) is 20.1. The summed E-state index contributed by atoms with van der Waals surface area (Å²) in [5, 5.41) is 0.865. The van der Waals surface area contributed by atoms with Crippen LogP contribution in [0.1, 0.15) is 46.7 Å². The number of hydrogen-bond donors (Lipinski definition) is 0. The van der Waals surface area contributed by atoms with Gasteiger partial charge in [0.15, 0.2) is 0 Å². The van der Waals surface area contributed by atoms with E-state index in [0.717, 1.165) is 24.6 Å². The van der Waals surface area contributed by atoms with E-state index in [-0.39, 0.29) is 5.41 Å². The number of alkyl halides is 1. The monoisotopic (exact) mass is 516 g/mol. The van der Waals surface area contributed by atoms with E-state index < -0.39 is 0 Å². The fourth-order valence-corrected chi connectivity index (χ4v) is 6.54. The smallest absolute Gasteiger partial charge is 0.0642 e. The molecule has 0 aliphatic heterocycles. The first-order valence-electron chi connectivity index (χ1n) is 12.2. The number of allylic oxidation sites excluding steroid dienone is 8. The van der Waals surface area contributed by atoms with Crippen molar-refractivity contribution in [2.24, 2.45) is 0 Å². The predicted octanol–water partition coefficient (Wildman–Crippen LogP) is 8.47. The molecule has 0 aromatic heterocycles. The van der Waals surface area contributed by atoms with Gasteiger partial charge in [0.05, 0.1) is 5.41 Å². The van der Waals surface area contributed by atoms with Crippen LogP contribution in [0.4, 0.5) is 0 Å². The van der Waals surface area contributed by atoms with Crippen LogP contribution in [0.3, 0.4) is 0 Å². The Balaban J connectivity index is 0.00000124. The van der Waals surface area contributed by atoms with Gasteiger partial charge in [0.1, 0.15) is 0 Å². The molecular weight excluding hydrogens is 488 g/mol. The van der Waals surface area contributed by atoms with Gasteiger partial charge in [-0.15, -0.1) is 12.8 Å². The van der Waals surface area contributed by atoms with E-state index in [0.29, 0.717) is 0 Å². The van der Waals surface area contributed by atoms with Gasteiger partial charge < -0.3 is 0 Å². The highest BCUT2D eigenvalue weighted by Gasteiger charge is 2.50. The van der Waals surface area contributed by atoms with Gasteiger partial charge in [0, 0.05) is 5.33 Å². The topological polar surface area (TPSA) is 0 Å². The molecule has 0 radical (unpaired) electrons. The molecule has 1 unspecified atom stereocenters. The third kappa shape index (κ3) is 3.60. The maximum atomic E-state index is 4.00. The summed E-state index contributed by atoms with van der Waals surface area (Å²) in [7, 11) is 0. The maximum absolute atomic E-state index is 4.00. The van der Waals surface area contributed by atoms with Gasteiger partial charge in [-0.05, 0) is 81.9 Å². The first-order valence-corrected chi connectivity index (χ1v) is 13.3. The average Bonchev–Trinajstić information content (AvgIpc) is 3.55. The fraction of sp³-hybridized carbons (Fsp3) is 0.176. The molecule has 3 aliphatic carbocycles. The van der Waals surface area contributed by atoms with Gasteiger partial charge in [-0.3, -0.25) is 0 Å². The summed E-state index contributed by atoms with van der Waals surface area (Å²) in [4.78, 5) is 0. The number of fused-ring (bicyclic) bond motifs is 5. The third-order valence-corrected chi connectivity index (χ3v) is 8.13. The van der Waals surface area contributed by atoms with E-state index in [1.807, 2.05) is 0 Å². The molecule has 1 heteroatoms. The summed E-state index contributed by atoms with van der Waals surface area (Å²) < 4.78 is 0. The van der Waals surface area contributed by atoms with Crippen molar-refractivity contribution in [2.45, 2.75) is 31.6 Å². The molecule has 0 bridgehead atoms. The minimum atomic E-state index is -0.172. The highest BCUT2D eigenvalue weighted by atomic mass is 79.9. The second-order valence-corrected chi connectivity index (χ2v) is 9.91. The molecule has 0 saturated carbocycles. The van der Waals surface area contributed by atoms with Gasteiger partial charge in [0.2, 0.25) is 0 Å². The maximum Gasteiger partial charge on any atom is 0.0642 e. The summed E-state index contributed by atoms with van der Waals surface area (Å²) in [6.07, 6.45) is 20.7. The highest BCUT2D eigenvalue weighted by molar-refractivity contribution is 9.09. The number of aryl methyl sites for hydroxylation is 1. The lowest BCUT2D eigenvalue weighted by molar-refractivity contribution is 0.747. The van der Waals surface area contributed by atoms with E-state index in [1.54, 1.807) is 0 Å². The highest BCUT2D eigenvalue weighted by Crippen LogP contribution is 2.59. The van der Waals surface area contributed by atoms with Crippen molar-refractivity contribution in [1.82, 2.24) is 0 Å². The number of halogens is 1. The lowest BCUT2D eigenvalue weighted by atomic mass is 9.70. The number of rotatable bonds is 3. The zero-order chi connectivity index (χ0) is 24.4. The van der Waals surface area contributed by atoms with Crippen molar-refractivity contribution in [3.05, 3.63) is 142 Å². The molecule has 3 aromatic rings. The Kier molecular flexibility index (Phi) is 6.50. The van der Waals surface area contributed by atoms with Crippen LogP contribution < -0.4 is 0 Å². The van der Waals surface area contributed by atoms with Crippen molar-refractivity contribution < 1.29 is 0 Å². The Bertz CT molecular complexity index is 1430. The van der Waals surface area contributed by atoms with Gasteiger partial charge in [0.25, 0.3) is 0 Å². The molecule has 0 amide bonds. The molecule has 0 saturated heterocycles. The molecule has 35 heavy (non-hydrogen) atoms. The molecular formula is C34H29Br. The molecule has 172 valence electrons. The number of terminal acetylenes is 1. The lowest BCUT2D eigenvalue weighted by Crippen LogP contribution is -2.26. The van der Waals surface area contributed by atoms with Crippen LogP contribution in [0, 0.1) is 12.8 Å². The second-order valence-electron chi connectivity index (χ2n) is 9.27. The van der Waals surface area contributed by atoms with Crippen LogP contribution in [0.5, 0.6) is 0 Å². The predicted molar refractivity (Wildman–Crippen MR) is 154 cm³/mol. The molecule has 1 spiro atoms. The Labute approximate surface area is 217 Å². The van der Waals surface area contributed by atoms with E-state index in [1.165, 1.54) is 55.7 Å². The number of benzene rings is 3. The molecule has 6 rings (SSSR count). The Morgan fingerprint density at radius 2 is 1.46 bits per heavy atom. The van der Waals surface area contributed by atoms with Crippen LogP contribution in [0.25, 0.3) is 11.1 Å². The molecule has 1 atom stereocenters. The van der Waals surface area contributed by atoms with Crippen LogP contribution in [0.2, 0.25) is 0 Å². The van der Waals surface area contributed by atoms with Crippen molar-refractivity contribution >= 4 is 27.1 Å². The Morgan fingerprint density at radius 3 is 2.23 bits per heavy atom. The van der Waals surface area contributed by atoms with Gasteiger partial charge in [-0.1, -0.05) is 113 Å². The summed E-state index contributed by atoms with van der Waals surface area (Å²) in [5.41, 5.74) is 14.2. The van der Waals surface area contributed by atoms with Gasteiger partial charge in [-0.2, -0.15) is 0 Å². The molecule has 0 N–H and O–H groups in total. The summed E-state index contributed by atoms with van der Waals surface area (Å²) in [5.74, 6) is 0. The minimum absolute atomic E-state index is 0.172. The van der Waals surface area contributed by atoms with E-state index in [4.69, 9.17) is 0 Å². The van der Waals surface area contributed by atoms with Crippen LogP contribution in [-0.4, -0.2) is 5.33 Å². The van der Waals surface area contributed by atoms with E-state index >= 15 is 0 Å². The SMILES string of the molecule is C#C.CC1=C(/C=C\CBr)c2ccccc2C12/C(=C/C=C1\CCc3ccccc31)Cc1ccccc12. The van der Waals surface area contributed by atoms with Crippen LogP contribution in [0.15, 0.2) is 108 Å².